The summed E-state index contributed by atoms with van der Waals surface area (Å²) in [7, 11) is 0. The van der Waals surface area contributed by atoms with E-state index in [4.69, 9.17) is 4.98 Å². The maximum Gasteiger partial charge on any atom is 0.146 e. The van der Waals surface area contributed by atoms with Gasteiger partial charge in [0.2, 0.25) is 0 Å². The normalized spacial score (nSPS) is 13.5. The van der Waals surface area contributed by atoms with Crippen molar-refractivity contribution in [3.63, 3.8) is 0 Å². The lowest BCUT2D eigenvalue weighted by atomic mass is 9.99. The Labute approximate surface area is 179 Å². The van der Waals surface area contributed by atoms with E-state index in [9.17, 15) is 0 Å². The van der Waals surface area contributed by atoms with Crippen LogP contribution in [0.15, 0.2) is 84.9 Å². The number of benzene rings is 4. The molecule has 8 rings (SSSR count). The molecule has 0 unspecified atom stereocenters. The molecule has 2 aliphatic rings. The molecule has 0 amide bonds. The smallest absolute Gasteiger partial charge is 0.146 e. The number of imidazole rings is 1. The van der Waals surface area contributed by atoms with Crippen LogP contribution < -0.4 is 0 Å². The molecule has 2 aromatic heterocycles. The summed E-state index contributed by atoms with van der Waals surface area (Å²) < 4.78 is 2.41. The number of aromatic nitrogens is 2. The van der Waals surface area contributed by atoms with Crippen LogP contribution in [0.25, 0.3) is 49.7 Å². The Morgan fingerprint density at radius 1 is 0.581 bits per heavy atom. The van der Waals surface area contributed by atoms with Gasteiger partial charge in [0.25, 0.3) is 0 Å². The average Bonchev–Trinajstić information content (AvgIpc) is 3.47. The van der Waals surface area contributed by atoms with E-state index >= 15 is 0 Å². The molecule has 0 fully saturated rings. The van der Waals surface area contributed by atoms with Crippen LogP contribution in [0.4, 0.5) is 0 Å². The number of hydrogen-bond donors (Lipinski definition) is 0. The second kappa shape index (κ2) is 5.41. The number of fused-ring (bicyclic) bond motifs is 13. The summed E-state index contributed by atoms with van der Waals surface area (Å²) in [5.41, 5.74) is 13.2. The zero-order valence-electron chi connectivity index (χ0n) is 16.9. The third kappa shape index (κ3) is 1.91. The Hall–Kier alpha value is -3.91. The minimum absolute atomic E-state index is 0.942. The van der Waals surface area contributed by atoms with Crippen molar-refractivity contribution in [2.45, 2.75) is 12.8 Å². The van der Waals surface area contributed by atoms with E-state index in [0.29, 0.717) is 0 Å². The van der Waals surface area contributed by atoms with Crippen molar-refractivity contribution in [1.82, 2.24) is 9.38 Å². The van der Waals surface area contributed by atoms with Crippen LogP contribution >= 0.6 is 0 Å². The molecule has 0 radical (unpaired) electrons. The monoisotopic (exact) mass is 394 g/mol. The van der Waals surface area contributed by atoms with Gasteiger partial charge in [-0.1, -0.05) is 72.8 Å². The first-order valence-corrected chi connectivity index (χ1v) is 10.9. The van der Waals surface area contributed by atoms with Gasteiger partial charge in [0.1, 0.15) is 5.65 Å². The highest BCUT2D eigenvalue weighted by atomic mass is 15.0. The van der Waals surface area contributed by atoms with Crippen LogP contribution in [0.2, 0.25) is 0 Å². The molecule has 4 aromatic carbocycles. The van der Waals surface area contributed by atoms with Gasteiger partial charge in [0.15, 0.2) is 0 Å². The van der Waals surface area contributed by atoms with Gasteiger partial charge >= 0.3 is 0 Å². The lowest BCUT2D eigenvalue weighted by Gasteiger charge is -2.10. The second-order valence-corrected chi connectivity index (χ2v) is 8.81. The maximum atomic E-state index is 5.26. The van der Waals surface area contributed by atoms with Gasteiger partial charge in [0, 0.05) is 22.8 Å². The molecule has 0 atom stereocenters. The molecule has 31 heavy (non-hydrogen) atoms. The lowest BCUT2D eigenvalue weighted by molar-refractivity contribution is 1.09. The van der Waals surface area contributed by atoms with Crippen molar-refractivity contribution in [3.05, 3.63) is 107 Å². The van der Waals surface area contributed by atoms with E-state index in [0.717, 1.165) is 24.2 Å². The molecule has 2 heteroatoms. The summed E-state index contributed by atoms with van der Waals surface area (Å²) in [6, 6.07) is 31.0. The van der Waals surface area contributed by atoms with Gasteiger partial charge in [-0.15, -0.1) is 0 Å². The zero-order chi connectivity index (χ0) is 20.1. The van der Waals surface area contributed by atoms with E-state index in [-0.39, 0.29) is 0 Å². The van der Waals surface area contributed by atoms with Gasteiger partial charge in [-0.2, -0.15) is 0 Å². The molecular weight excluding hydrogens is 376 g/mol. The zero-order valence-corrected chi connectivity index (χ0v) is 16.9. The van der Waals surface area contributed by atoms with Crippen LogP contribution in [0, 0.1) is 0 Å². The Bertz CT molecular complexity index is 1740. The highest BCUT2D eigenvalue weighted by Crippen LogP contribution is 2.45. The summed E-state index contributed by atoms with van der Waals surface area (Å²) in [5, 5.41) is 3.79. The first kappa shape index (κ1) is 15.9. The number of pyridine rings is 1. The van der Waals surface area contributed by atoms with Gasteiger partial charge in [-0.3, -0.25) is 4.40 Å². The Morgan fingerprint density at radius 3 is 2.26 bits per heavy atom. The Balaban J connectivity index is 1.48. The van der Waals surface area contributed by atoms with Gasteiger partial charge in [-0.05, 0) is 51.8 Å². The topological polar surface area (TPSA) is 17.3 Å². The molecule has 0 spiro atoms. The third-order valence-electron chi connectivity index (χ3n) is 7.21. The van der Waals surface area contributed by atoms with E-state index < -0.39 is 0 Å². The van der Waals surface area contributed by atoms with E-state index in [1.165, 1.54) is 60.8 Å². The SMILES string of the molecule is c1ccc2c(c1)Cc1cc3c(cc1-2)-c1nc2c4ccccc4c4ccccc4n2c1C3. The molecule has 0 saturated carbocycles. The van der Waals surface area contributed by atoms with Crippen molar-refractivity contribution in [1.29, 1.82) is 0 Å². The van der Waals surface area contributed by atoms with Gasteiger partial charge in [0.05, 0.1) is 16.9 Å². The van der Waals surface area contributed by atoms with E-state index in [1.807, 2.05) is 0 Å². The molecule has 0 N–H and O–H groups in total. The lowest BCUT2D eigenvalue weighted by Crippen LogP contribution is -1.96. The molecule has 2 nitrogen and oxygen atoms in total. The van der Waals surface area contributed by atoms with E-state index in [2.05, 4.69) is 89.3 Å². The molecular formula is C29H18N2. The highest BCUT2D eigenvalue weighted by molar-refractivity contribution is 6.12. The molecule has 2 aliphatic carbocycles. The quantitative estimate of drug-likeness (QED) is 0.259. The van der Waals surface area contributed by atoms with Crippen molar-refractivity contribution in [3.8, 4) is 22.4 Å². The minimum Gasteiger partial charge on any atom is -0.295 e. The molecule has 2 heterocycles. The second-order valence-electron chi connectivity index (χ2n) is 8.81. The third-order valence-corrected chi connectivity index (χ3v) is 7.21. The molecule has 0 saturated heterocycles. The number of hydrogen-bond acceptors (Lipinski definition) is 1. The van der Waals surface area contributed by atoms with Crippen LogP contribution in [0.1, 0.15) is 22.4 Å². The summed E-state index contributed by atoms with van der Waals surface area (Å²) in [6.07, 6.45) is 1.98. The van der Waals surface area contributed by atoms with Crippen LogP contribution in [-0.4, -0.2) is 9.38 Å². The summed E-state index contributed by atoms with van der Waals surface area (Å²) >= 11 is 0. The van der Waals surface area contributed by atoms with Gasteiger partial charge in [-0.25, -0.2) is 4.98 Å². The predicted molar refractivity (Wildman–Crippen MR) is 127 cm³/mol. The fourth-order valence-electron chi connectivity index (χ4n) is 5.86. The van der Waals surface area contributed by atoms with Crippen LogP contribution in [-0.2, 0) is 12.8 Å². The Kier molecular flexibility index (Phi) is 2.77. The van der Waals surface area contributed by atoms with Crippen molar-refractivity contribution < 1.29 is 0 Å². The predicted octanol–water partition coefficient (Wildman–Crippen LogP) is 6.78. The van der Waals surface area contributed by atoms with E-state index in [1.54, 1.807) is 0 Å². The maximum absolute atomic E-state index is 5.26. The fraction of sp³-hybridized carbons (Fsp3) is 0.0690. The summed E-state index contributed by atoms with van der Waals surface area (Å²) in [4.78, 5) is 5.26. The molecule has 144 valence electrons. The molecule has 0 bridgehead atoms. The van der Waals surface area contributed by atoms with Crippen LogP contribution in [0.5, 0.6) is 0 Å². The fourth-order valence-corrected chi connectivity index (χ4v) is 5.86. The first-order chi connectivity index (χ1) is 15.4. The van der Waals surface area contributed by atoms with Crippen molar-refractivity contribution >= 4 is 27.3 Å². The average molecular weight is 394 g/mol. The number of rotatable bonds is 0. The molecule has 0 aliphatic heterocycles. The largest absolute Gasteiger partial charge is 0.295 e. The highest BCUT2D eigenvalue weighted by Gasteiger charge is 2.29. The minimum atomic E-state index is 0.942. The summed E-state index contributed by atoms with van der Waals surface area (Å²) in [5.74, 6) is 0. The van der Waals surface area contributed by atoms with Crippen molar-refractivity contribution in [2.75, 3.05) is 0 Å². The van der Waals surface area contributed by atoms with Crippen molar-refractivity contribution in [2.24, 2.45) is 0 Å². The molecule has 6 aromatic rings. The first-order valence-electron chi connectivity index (χ1n) is 10.9. The summed E-state index contributed by atoms with van der Waals surface area (Å²) in [6.45, 7) is 0. The number of para-hydroxylation sites is 1. The standard InChI is InChI=1S/C29H18N2/c1-2-8-20-17(7-1)13-18-14-19-15-27-28(25(19)16-24(18)20)30-29-23-11-4-3-9-21(23)22-10-5-6-12-26(22)31(27)29/h1-12,14,16H,13,15H2. The number of nitrogens with zero attached hydrogens (tertiary/aromatic N) is 2. The van der Waals surface area contributed by atoms with Crippen LogP contribution in [0.3, 0.4) is 0 Å². The Morgan fingerprint density at radius 2 is 1.32 bits per heavy atom. The van der Waals surface area contributed by atoms with Gasteiger partial charge < -0.3 is 0 Å².